The molecule has 3 nitrogen and oxygen atoms in total. The van der Waals surface area contributed by atoms with E-state index < -0.39 is 0 Å². The van der Waals surface area contributed by atoms with E-state index >= 15 is 0 Å². The zero-order valence-corrected chi connectivity index (χ0v) is 11.2. The van der Waals surface area contributed by atoms with Gasteiger partial charge in [-0.25, -0.2) is 4.98 Å². The number of rotatable bonds is 3. The maximum absolute atomic E-state index is 5.90. The largest absolute Gasteiger partial charge is 0.439 e. The molecule has 0 bridgehead atoms. The van der Waals surface area contributed by atoms with Gasteiger partial charge in [0.25, 0.3) is 0 Å². The van der Waals surface area contributed by atoms with E-state index in [1.165, 1.54) is 0 Å². The second kappa shape index (κ2) is 5.38. The molecule has 2 rings (SSSR count). The molecule has 0 unspecified atom stereocenters. The molecule has 0 saturated heterocycles. The predicted molar refractivity (Wildman–Crippen MR) is 73.1 cm³/mol. The highest BCUT2D eigenvalue weighted by atomic mass is 35.5. The molecule has 2 N–H and O–H groups in total. The lowest BCUT2D eigenvalue weighted by Crippen LogP contribution is -2.04. The molecule has 1 aromatic carbocycles. The zero-order chi connectivity index (χ0) is 13.1. The van der Waals surface area contributed by atoms with Crippen LogP contribution in [0.4, 0.5) is 0 Å². The third-order valence-electron chi connectivity index (χ3n) is 2.75. The number of halogens is 1. The number of nitrogens with two attached hydrogens (primary N) is 1. The van der Waals surface area contributed by atoms with Crippen LogP contribution in [0.5, 0.6) is 11.6 Å². The van der Waals surface area contributed by atoms with Crippen molar-refractivity contribution in [1.82, 2.24) is 4.98 Å². The Morgan fingerprint density at radius 3 is 2.67 bits per heavy atom. The summed E-state index contributed by atoms with van der Waals surface area (Å²) in [6.45, 7) is 4.42. The van der Waals surface area contributed by atoms with Gasteiger partial charge in [0.2, 0.25) is 5.88 Å². The van der Waals surface area contributed by atoms with Gasteiger partial charge in [0, 0.05) is 23.3 Å². The Balaban J connectivity index is 2.30. The minimum atomic E-state index is 0.488. The summed E-state index contributed by atoms with van der Waals surface area (Å²) in [6, 6.07) is 9.12. The monoisotopic (exact) mass is 262 g/mol. The highest BCUT2D eigenvalue weighted by Crippen LogP contribution is 2.25. The standard InChI is InChI=1S/C14H15ClN2O/c1-9-6-14(17-10(2)13(9)8-16)18-12-5-3-4-11(15)7-12/h3-7H,8,16H2,1-2H3. The van der Waals surface area contributed by atoms with E-state index in [4.69, 9.17) is 22.1 Å². The van der Waals surface area contributed by atoms with Gasteiger partial charge in [-0.2, -0.15) is 0 Å². The first-order chi connectivity index (χ1) is 8.60. The molecule has 0 saturated carbocycles. The van der Waals surface area contributed by atoms with Crippen molar-refractivity contribution in [2.24, 2.45) is 5.73 Å². The van der Waals surface area contributed by atoms with Crippen molar-refractivity contribution in [1.29, 1.82) is 0 Å². The van der Waals surface area contributed by atoms with Gasteiger partial charge < -0.3 is 10.5 Å². The van der Waals surface area contributed by atoms with Gasteiger partial charge in [0.05, 0.1) is 0 Å². The third-order valence-corrected chi connectivity index (χ3v) is 2.99. The normalized spacial score (nSPS) is 10.4. The highest BCUT2D eigenvalue weighted by molar-refractivity contribution is 6.30. The van der Waals surface area contributed by atoms with Gasteiger partial charge in [0.1, 0.15) is 5.75 Å². The molecule has 0 atom stereocenters. The summed E-state index contributed by atoms with van der Waals surface area (Å²) in [7, 11) is 0. The average molecular weight is 263 g/mol. The fraction of sp³-hybridized carbons (Fsp3) is 0.214. The SMILES string of the molecule is Cc1cc(Oc2cccc(Cl)c2)nc(C)c1CN. The summed E-state index contributed by atoms with van der Waals surface area (Å²) in [5.41, 5.74) is 8.72. The highest BCUT2D eigenvalue weighted by Gasteiger charge is 2.07. The molecule has 2 aromatic rings. The quantitative estimate of drug-likeness (QED) is 0.919. The molecular formula is C14H15ClN2O. The molecule has 4 heteroatoms. The molecule has 0 aliphatic heterocycles. The van der Waals surface area contributed by atoms with Crippen LogP contribution in [0, 0.1) is 13.8 Å². The Labute approximate surface area is 112 Å². The first-order valence-corrected chi connectivity index (χ1v) is 6.08. The van der Waals surface area contributed by atoms with Crippen molar-refractivity contribution in [2.45, 2.75) is 20.4 Å². The van der Waals surface area contributed by atoms with E-state index in [1.54, 1.807) is 12.1 Å². The number of nitrogens with zero attached hydrogens (tertiary/aromatic N) is 1. The minimum absolute atomic E-state index is 0.488. The summed E-state index contributed by atoms with van der Waals surface area (Å²) < 4.78 is 5.68. The summed E-state index contributed by atoms with van der Waals surface area (Å²) in [5, 5.41) is 0.638. The molecule has 18 heavy (non-hydrogen) atoms. The van der Waals surface area contributed by atoms with E-state index in [9.17, 15) is 0 Å². The van der Waals surface area contributed by atoms with Crippen LogP contribution < -0.4 is 10.5 Å². The average Bonchev–Trinajstić information content (AvgIpc) is 2.28. The number of pyridine rings is 1. The van der Waals surface area contributed by atoms with Crippen LogP contribution in [0.2, 0.25) is 5.02 Å². The van der Waals surface area contributed by atoms with E-state index in [2.05, 4.69) is 4.98 Å². The molecule has 1 aromatic heterocycles. The molecule has 0 aliphatic rings. The summed E-state index contributed by atoms with van der Waals surface area (Å²) in [4.78, 5) is 4.38. The zero-order valence-electron chi connectivity index (χ0n) is 10.4. The van der Waals surface area contributed by atoms with E-state index in [1.807, 2.05) is 32.0 Å². The number of aromatic nitrogens is 1. The fourth-order valence-corrected chi connectivity index (χ4v) is 2.02. The smallest absolute Gasteiger partial charge is 0.219 e. The lowest BCUT2D eigenvalue weighted by molar-refractivity contribution is 0.460. The van der Waals surface area contributed by atoms with Gasteiger partial charge in [-0.1, -0.05) is 17.7 Å². The molecule has 0 radical (unpaired) electrons. The maximum atomic E-state index is 5.90. The maximum Gasteiger partial charge on any atom is 0.219 e. The van der Waals surface area contributed by atoms with Gasteiger partial charge in [-0.3, -0.25) is 0 Å². The second-order valence-corrected chi connectivity index (χ2v) is 4.54. The third kappa shape index (κ3) is 2.81. The van der Waals surface area contributed by atoms with Crippen LogP contribution in [0.25, 0.3) is 0 Å². The number of ether oxygens (including phenoxy) is 1. The summed E-state index contributed by atoms with van der Waals surface area (Å²) in [6.07, 6.45) is 0. The first-order valence-electron chi connectivity index (χ1n) is 5.70. The molecular weight excluding hydrogens is 248 g/mol. The van der Waals surface area contributed by atoms with E-state index in [-0.39, 0.29) is 0 Å². The Bertz CT molecular complexity index is 546. The number of aryl methyl sites for hydroxylation is 2. The Kier molecular flexibility index (Phi) is 3.84. The van der Waals surface area contributed by atoms with Gasteiger partial charge >= 0.3 is 0 Å². The van der Waals surface area contributed by atoms with Crippen LogP contribution in [0.15, 0.2) is 30.3 Å². The topological polar surface area (TPSA) is 48.1 Å². The van der Waals surface area contributed by atoms with E-state index in [0.717, 1.165) is 16.8 Å². The number of hydrogen-bond acceptors (Lipinski definition) is 3. The van der Waals surface area contributed by atoms with Crippen LogP contribution in [-0.2, 0) is 6.54 Å². The van der Waals surface area contributed by atoms with Crippen molar-refractivity contribution >= 4 is 11.6 Å². The van der Waals surface area contributed by atoms with Crippen molar-refractivity contribution < 1.29 is 4.74 Å². The van der Waals surface area contributed by atoms with Crippen LogP contribution in [-0.4, -0.2) is 4.98 Å². The minimum Gasteiger partial charge on any atom is -0.439 e. The lowest BCUT2D eigenvalue weighted by atomic mass is 10.1. The first kappa shape index (κ1) is 12.9. The van der Waals surface area contributed by atoms with Crippen molar-refractivity contribution in [2.75, 3.05) is 0 Å². The van der Waals surface area contributed by atoms with Crippen molar-refractivity contribution in [3.63, 3.8) is 0 Å². The van der Waals surface area contributed by atoms with Crippen LogP contribution in [0.1, 0.15) is 16.8 Å². The van der Waals surface area contributed by atoms with Crippen LogP contribution >= 0.6 is 11.6 Å². The van der Waals surface area contributed by atoms with Gasteiger partial charge in [-0.05, 0) is 43.2 Å². The summed E-state index contributed by atoms with van der Waals surface area (Å²) >= 11 is 5.90. The lowest BCUT2D eigenvalue weighted by Gasteiger charge is -2.11. The van der Waals surface area contributed by atoms with Crippen molar-refractivity contribution in [3.05, 3.63) is 52.2 Å². The van der Waals surface area contributed by atoms with Gasteiger partial charge in [-0.15, -0.1) is 0 Å². The molecule has 0 fully saturated rings. The van der Waals surface area contributed by atoms with Gasteiger partial charge in [0.15, 0.2) is 0 Å². The predicted octanol–water partition coefficient (Wildman–Crippen LogP) is 3.60. The number of hydrogen-bond donors (Lipinski definition) is 1. The Morgan fingerprint density at radius 2 is 2.06 bits per heavy atom. The molecule has 0 aliphatic carbocycles. The molecule has 0 spiro atoms. The summed E-state index contributed by atoms with van der Waals surface area (Å²) in [5.74, 6) is 1.23. The van der Waals surface area contributed by atoms with Crippen molar-refractivity contribution in [3.8, 4) is 11.6 Å². The Hall–Kier alpha value is -1.58. The number of benzene rings is 1. The molecule has 94 valence electrons. The second-order valence-electron chi connectivity index (χ2n) is 4.10. The fourth-order valence-electron chi connectivity index (χ4n) is 1.83. The Morgan fingerprint density at radius 1 is 1.28 bits per heavy atom. The molecule has 1 heterocycles. The molecule has 0 amide bonds. The van der Waals surface area contributed by atoms with E-state index in [0.29, 0.717) is 23.2 Å². The van der Waals surface area contributed by atoms with Crippen LogP contribution in [0.3, 0.4) is 0 Å².